The molecule has 0 fully saturated rings. The fraction of sp³-hybridized carbons (Fsp3) is 0.692. The summed E-state index contributed by atoms with van der Waals surface area (Å²) < 4.78 is 0. The van der Waals surface area contributed by atoms with E-state index in [1.54, 1.807) is 0 Å². The minimum atomic E-state index is 0.0935. The molecule has 1 heterocycles. The maximum absolute atomic E-state index is 9.17. The number of halogens is 1. The largest absolute Gasteiger partial charge is 0.395 e. The molecule has 0 saturated carbocycles. The monoisotopic (exact) mass is 271 g/mol. The predicted octanol–water partition coefficient (Wildman–Crippen LogP) is 2.77. The lowest BCUT2D eigenvalue weighted by atomic mass is 10.2. The number of aliphatic hydroxyl groups is 1. The second-order valence-electron chi connectivity index (χ2n) is 4.99. The fourth-order valence-corrected chi connectivity index (χ4v) is 1.92. The van der Waals surface area contributed by atoms with Crippen LogP contribution in [0.4, 0.5) is 5.82 Å². The molecule has 0 amide bonds. The summed E-state index contributed by atoms with van der Waals surface area (Å²) in [6, 6.07) is 0.252. The first kappa shape index (κ1) is 15.2. The van der Waals surface area contributed by atoms with Gasteiger partial charge in [0, 0.05) is 24.1 Å². The maximum Gasteiger partial charge on any atom is 0.137 e. The molecule has 0 aliphatic carbocycles. The number of hydrogen-bond donors (Lipinski definition) is 1. The quantitative estimate of drug-likeness (QED) is 0.837. The van der Waals surface area contributed by atoms with Gasteiger partial charge in [-0.3, -0.25) is 0 Å². The van der Waals surface area contributed by atoms with Crippen LogP contribution in [-0.4, -0.2) is 34.3 Å². The van der Waals surface area contributed by atoms with Gasteiger partial charge in [0.2, 0.25) is 0 Å². The highest BCUT2D eigenvalue weighted by atomic mass is 35.5. The van der Waals surface area contributed by atoms with Gasteiger partial charge in [0.25, 0.3) is 0 Å². The van der Waals surface area contributed by atoms with Crippen molar-refractivity contribution in [2.45, 2.75) is 46.6 Å². The molecule has 102 valence electrons. The molecular weight excluding hydrogens is 250 g/mol. The van der Waals surface area contributed by atoms with Crippen LogP contribution in [0.3, 0.4) is 0 Å². The van der Waals surface area contributed by atoms with Gasteiger partial charge in [-0.25, -0.2) is 9.97 Å². The zero-order chi connectivity index (χ0) is 13.9. The van der Waals surface area contributed by atoms with Crippen LogP contribution in [-0.2, 0) is 0 Å². The van der Waals surface area contributed by atoms with Crippen molar-refractivity contribution in [2.24, 2.45) is 0 Å². The van der Waals surface area contributed by atoms with Crippen molar-refractivity contribution in [1.29, 1.82) is 0 Å². The number of aliphatic hydroxyl groups excluding tert-OH is 1. The highest BCUT2D eigenvalue weighted by molar-refractivity contribution is 6.30. The van der Waals surface area contributed by atoms with Crippen LogP contribution in [0.5, 0.6) is 0 Å². The first-order valence-corrected chi connectivity index (χ1v) is 6.67. The minimum absolute atomic E-state index is 0.0935. The zero-order valence-corrected chi connectivity index (χ0v) is 12.5. The maximum atomic E-state index is 9.17. The number of hydrogen-bond acceptors (Lipinski definition) is 4. The van der Waals surface area contributed by atoms with Crippen LogP contribution < -0.4 is 4.90 Å². The Bertz CT molecular complexity index is 407. The first-order valence-electron chi connectivity index (χ1n) is 6.30. The van der Waals surface area contributed by atoms with Gasteiger partial charge >= 0.3 is 0 Å². The molecule has 1 aromatic heterocycles. The molecule has 5 heteroatoms. The second kappa shape index (κ2) is 6.34. The Morgan fingerprint density at radius 3 is 2.28 bits per heavy atom. The Morgan fingerprint density at radius 2 is 1.83 bits per heavy atom. The highest BCUT2D eigenvalue weighted by Gasteiger charge is 2.18. The lowest BCUT2D eigenvalue weighted by molar-refractivity contribution is 0.298. The van der Waals surface area contributed by atoms with E-state index in [1.807, 2.05) is 20.8 Å². The van der Waals surface area contributed by atoms with E-state index in [0.717, 1.165) is 17.2 Å². The molecule has 0 unspecified atom stereocenters. The Labute approximate surface area is 114 Å². The average molecular weight is 272 g/mol. The van der Waals surface area contributed by atoms with Crippen molar-refractivity contribution in [1.82, 2.24) is 9.97 Å². The number of rotatable bonds is 5. The summed E-state index contributed by atoms with van der Waals surface area (Å²) in [6.07, 6.45) is 0. The molecule has 1 rings (SSSR count). The fourth-order valence-electron chi connectivity index (χ4n) is 1.75. The van der Waals surface area contributed by atoms with Gasteiger partial charge in [-0.15, -0.1) is 0 Å². The van der Waals surface area contributed by atoms with Gasteiger partial charge in [0.1, 0.15) is 16.8 Å². The van der Waals surface area contributed by atoms with Crippen molar-refractivity contribution in [2.75, 3.05) is 18.1 Å². The second-order valence-corrected chi connectivity index (χ2v) is 5.34. The van der Waals surface area contributed by atoms with Crippen molar-refractivity contribution >= 4 is 17.4 Å². The summed E-state index contributed by atoms with van der Waals surface area (Å²) in [6.45, 7) is 10.8. The number of nitrogens with zero attached hydrogens (tertiary/aromatic N) is 3. The first-order chi connectivity index (χ1) is 8.38. The van der Waals surface area contributed by atoms with E-state index in [1.165, 1.54) is 0 Å². The summed E-state index contributed by atoms with van der Waals surface area (Å²) in [5, 5.41) is 9.66. The van der Waals surface area contributed by atoms with E-state index in [-0.39, 0.29) is 18.6 Å². The van der Waals surface area contributed by atoms with Gasteiger partial charge in [0.05, 0.1) is 6.61 Å². The Hall–Kier alpha value is -0.870. The molecule has 0 atom stereocenters. The SMILES string of the molecule is Cc1c(Cl)nc(C(C)C)nc1N(CCO)C(C)C. The smallest absolute Gasteiger partial charge is 0.137 e. The number of anilines is 1. The van der Waals surface area contributed by atoms with E-state index in [2.05, 4.69) is 28.7 Å². The molecule has 0 radical (unpaired) electrons. The molecule has 0 aliphatic rings. The molecule has 0 aliphatic heterocycles. The van der Waals surface area contributed by atoms with Crippen LogP contribution in [0.25, 0.3) is 0 Å². The van der Waals surface area contributed by atoms with Crippen LogP contribution >= 0.6 is 11.6 Å². The van der Waals surface area contributed by atoms with E-state index in [9.17, 15) is 0 Å². The molecule has 0 spiro atoms. The predicted molar refractivity (Wildman–Crippen MR) is 75.4 cm³/mol. The van der Waals surface area contributed by atoms with Gasteiger partial charge < -0.3 is 10.0 Å². The van der Waals surface area contributed by atoms with Crippen LogP contribution in [0.15, 0.2) is 0 Å². The Kier molecular flexibility index (Phi) is 5.35. The van der Waals surface area contributed by atoms with Crippen LogP contribution in [0.2, 0.25) is 5.15 Å². The number of aromatic nitrogens is 2. The zero-order valence-electron chi connectivity index (χ0n) is 11.7. The van der Waals surface area contributed by atoms with E-state index < -0.39 is 0 Å². The molecule has 0 aromatic carbocycles. The summed E-state index contributed by atoms with van der Waals surface area (Å²) >= 11 is 6.17. The van der Waals surface area contributed by atoms with E-state index >= 15 is 0 Å². The summed E-state index contributed by atoms with van der Waals surface area (Å²) in [7, 11) is 0. The molecule has 0 saturated heterocycles. The van der Waals surface area contributed by atoms with Crippen molar-refractivity contribution in [3.63, 3.8) is 0 Å². The standard InChI is InChI=1S/C13H22ClN3O/c1-8(2)12-15-11(14)10(5)13(16-12)17(6-7-18)9(3)4/h8-9,18H,6-7H2,1-5H3. The lowest BCUT2D eigenvalue weighted by Crippen LogP contribution is -2.35. The average Bonchev–Trinajstić information content (AvgIpc) is 2.29. The molecule has 1 N–H and O–H groups in total. The highest BCUT2D eigenvalue weighted by Crippen LogP contribution is 2.26. The Morgan fingerprint density at radius 1 is 1.22 bits per heavy atom. The molecular formula is C13H22ClN3O. The topological polar surface area (TPSA) is 49.2 Å². The van der Waals surface area contributed by atoms with Crippen molar-refractivity contribution < 1.29 is 5.11 Å². The van der Waals surface area contributed by atoms with Crippen LogP contribution in [0, 0.1) is 6.92 Å². The molecule has 18 heavy (non-hydrogen) atoms. The summed E-state index contributed by atoms with van der Waals surface area (Å²) in [5.41, 5.74) is 0.864. The Balaban J connectivity index is 3.27. The van der Waals surface area contributed by atoms with Gasteiger partial charge in [0.15, 0.2) is 0 Å². The van der Waals surface area contributed by atoms with Gasteiger partial charge in [-0.1, -0.05) is 25.4 Å². The molecule has 4 nitrogen and oxygen atoms in total. The summed E-state index contributed by atoms with van der Waals surface area (Å²) in [4.78, 5) is 10.9. The van der Waals surface area contributed by atoms with Crippen LogP contribution in [0.1, 0.15) is 45.0 Å². The third-order valence-electron chi connectivity index (χ3n) is 2.83. The van der Waals surface area contributed by atoms with Gasteiger partial charge in [-0.2, -0.15) is 0 Å². The lowest BCUT2D eigenvalue weighted by Gasteiger charge is -2.29. The third kappa shape index (κ3) is 3.33. The van der Waals surface area contributed by atoms with Crippen molar-refractivity contribution in [3.05, 3.63) is 16.5 Å². The van der Waals surface area contributed by atoms with Crippen molar-refractivity contribution in [3.8, 4) is 0 Å². The normalized spacial score (nSPS) is 11.4. The molecule has 0 bridgehead atoms. The minimum Gasteiger partial charge on any atom is -0.395 e. The van der Waals surface area contributed by atoms with E-state index in [4.69, 9.17) is 16.7 Å². The van der Waals surface area contributed by atoms with Gasteiger partial charge in [-0.05, 0) is 20.8 Å². The van der Waals surface area contributed by atoms with E-state index in [0.29, 0.717) is 11.7 Å². The summed E-state index contributed by atoms with van der Waals surface area (Å²) in [5.74, 6) is 1.79. The molecule has 1 aromatic rings. The third-order valence-corrected chi connectivity index (χ3v) is 3.20.